The molecule has 0 spiro atoms. The van der Waals surface area contributed by atoms with E-state index < -0.39 is 0 Å². The predicted octanol–water partition coefficient (Wildman–Crippen LogP) is 1.52. The molecule has 0 atom stereocenters. The van der Waals surface area contributed by atoms with Gasteiger partial charge in [-0.05, 0) is 19.4 Å². The highest BCUT2D eigenvalue weighted by Crippen LogP contribution is 2.06. The normalized spacial score (nSPS) is 13.9. The van der Waals surface area contributed by atoms with E-state index in [1.165, 1.54) is 0 Å². The summed E-state index contributed by atoms with van der Waals surface area (Å²) in [6, 6.07) is 0. The summed E-state index contributed by atoms with van der Waals surface area (Å²) >= 11 is 0. The fourth-order valence-corrected chi connectivity index (χ4v) is 0.601. The largest absolute Gasteiger partial charge is 0.384 e. The van der Waals surface area contributed by atoms with Crippen molar-refractivity contribution in [2.75, 3.05) is 7.05 Å². The van der Waals surface area contributed by atoms with Gasteiger partial charge < -0.3 is 5.73 Å². The standard InChI is InChI=1S/C9H15N3/c1-5-12-6-7(2)8(3)9(10)11-4/h5-6H,3H2,1-2,4H3,(H2,10,11)/b7-6+,12-5?. The first-order chi connectivity index (χ1) is 5.63. The molecule has 0 aromatic carbocycles. The quantitative estimate of drug-likeness (QED) is 0.385. The number of nitrogens with two attached hydrogens (primary N) is 1. The molecule has 0 heterocycles. The third-order valence-electron chi connectivity index (χ3n) is 1.44. The van der Waals surface area contributed by atoms with Gasteiger partial charge in [0.1, 0.15) is 5.84 Å². The van der Waals surface area contributed by atoms with Crippen LogP contribution in [-0.2, 0) is 0 Å². The average Bonchev–Trinajstić information content (AvgIpc) is 2.11. The first-order valence-electron chi connectivity index (χ1n) is 3.70. The molecule has 3 heteroatoms. The summed E-state index contributed by atoms with van der Waals surface area (Å²) < 4.78 is 0. The number of hydrogen-bond donors (Lipinski definition) is 1. The minimum atomic E-state index is 0.454. The highest BCUT2D eigenvalue weighted by Gasteiger charge is 1.99. The Morgan fingerprint density at radius 2 is 2.08 bits per heavy atom. The van der Waals surface area contributed by atoms with Crippen molar-refractivity contribution in [3.63, 3.8) is 0 Å². The minimum absolute atomic E-state index is 0.454. The first kappa shape index (κ1) is 10.6. The van der Waals surface area contributed by atoms with Gasteiger partial charge in [0.25, 0.3) is 0 Å². The van der Waals surface area contributed by atoms with Crippen LogP contribution in [0.1, 0.15) is 13.8 Å². The van der Waals surface area contributed by atoms with E-state index in [1.54, 1.807) is 19.5 Å². The second kappa shape index (κ2) is 5.29. The molecule has 0 aliphatic heterocycles. The molecular weight excluding hydrogens is 150 g/mol. The van der Waals surface area contributed by atoms with E-state index >= 15 is 0 Å². The van der Waals surface area contributed by atoms with Crippen molar-refractivity contribution in [1.29, 1.82) is 0 Å². The lowest BCUT2D eigenvalue weighted by atomic mass is 10.1. The molecule has 0 unspecified atom stereocenters. The van der Waals surface area contributed by atoms with Gasteiger partial charge in [-0.1, -0.05) is 6.58 Å². The van der Waals surface area contributed by atoms with Crippen molar-refractivity contribution < 1.29 is 0 Å². The molecule has 0 amide bonds. The monoisotopic (exact) mass is 165 g/mol. The summed E-state index contributed by atoms with van der Waals surface area (Å²) in [5, 5.41) is 0. The maximum absolute atomic E-state index is 5.55. The van der Waals surface area contributed by atoms with Crippen molar-refractivity contribution in [3.05, 3.63) is 23.9 Å². The van der Waals surface area contributed by atoms with Gasteiger partial charge in [-0.15, -0.1) is 0 Å². The molecule has 0 saturated heterocycles. The Labute approximate surface area is 73.4 Å². The molecule has 0 radical (unpaired) electrons. The van der Waals surface area contributed by atoms with E-state index in [1.807, 2.05) is 13.8 Å². The average molecular weight is 165 g/mol. The van der Waals surface area contributed by atoms with Gasteiger partial charge >= 0.3 is 0 Å². The zero-order valence-corrected chi connectivity index (χ0v) is 7.83. The fourth-order valence-electron chi connectivity index (χ4n) is 0.601. The molecule has 0 fully saturated rings. The van der Waals surface area contributed by atoms with Crippen LogP contribution in [0.25, 0.3) is 0 Å². The first-order valence-corrected chi connectivity index (χ1v) is 3.70. The van der Waals surface area contributed by atoms with Crippen LogP contribution in [-0.4, -0.2) is 19.1 Å². The number of amidine groups is 1. The minimum Gasteiger partial charge on any atom is -0.384 e. The second-order valence-electron chi connectivity index (χ2n) is 2.31. The number of hydrogen-bond acceptors (Lipinski definition) is 2. The van der Waals surface area contributed by atoms with Crippen LogP contribution in [0.3, 0.4) is 0 Å². The van der Waals surface area contributed by atoms with Crippen LogP contribution < -0.4 is 5.73 Å². The Balaban J connectivity index is 4.50. The highest BCUT2D eigenvalue weighted by atomic mass is 14.8. The summed E-state index contributed by atoms with van der Waals surface area (Å²) in [6.07, 6.45) is 3.41. The molecule has 12 heavy (non-hydrogen) atoms. The van der Waals surface area contributed by atoms with Crippen LogP contribution >= 0.6 is 0 Å². The molecule has 66 valence electrons. The molecule has 0 aliphatic carbocycles. The fraction of sp³-hybridized carbons (Fsp3) is 0.333. The van der Waals surface area contributed by atoms with Gasteiger partial charge in [0.15, 0.2) is 0 Å². The van der Waals surface area contributed by atoms with Gasteiger partial charge in [-0.2, -0.15) is 0 Å². The topological polar surface area (TPSA) is 50.7 Å². The molecule has 2 N–H and O–H groups in total. The van der Waals surface area contributed by atoms with Crippen LogP contribution in [0.2, 0.25) is 0 Å². The SMILES string of the molecule is C=C(C(N)=NC)/C(C)=C/N=CC. The summed E-state index contributed by atoms with van der Waals surface area (Å²) in [5.74, 6) is 0.454. The molecular formula is C9H15N3. The van der Waals surface area contributed by atoms with Crippen molar-refractivity contribution in [2.24, 2.45) is 15.7 Å². The van der Waals surface area contributed by atoms with Crippen LogP contribution in [0.15, 0.2) is 33.9 Å². The molecule has 0 saturated carbocycles. The van der Waals surface area contributed by atoms with Crippen molar-refractivity contribution >= 4 is 12.1 Å². The lowest BCUT2D eigenvalue weighted by molar-refractivity contribution is 1.34. The van der Waals surface area contributed by atoms with E-state index in [0.29, 0.717) is 5.84 Å². The summed E-state index contributed by atoms with van der Waals surface area (Å²) in [6.45, 7) is 7.53. The predicted molar refractivity (Wildman–Crippen MR) is 54.6 cm³/mol. The van der Waals surface area contributed by atoms with E-state index in [9.17, 15) is 0 Å². The number of aliphatic imine (C=N–C) groups is 2. The lowest BCUT2D eigenvalue weighted by Crippen LogP contribution is -2.14. The van der Waals surface area contributed by atoms with E-state index in [4.69, 9.17) is 5.73 Å². The molecule has 0 aromatic heterocycles. The second-order valence-corrected chi connectivity index (χ2v) is 2.31. The Kier molecular flexibility index (Phi) is 4.69. The van der Waals surface area contributed by atoms with Gasteiger partial charge in [0.2, 0.25) is 0 Å². The van der Waals surface area contributed by atoms with Crippen molar-refractivity contribution in [2.45, 2.75) is 13.8 Å². The number of rotatable bonds is 3. The van der Waals surface area contributed by atoms with Gasteiger partial charge in [-0.25, -0.2) is 0 Å². The molecule has 0 bridgehead atoms. The highest BCUT2D eigenvalue weighted by molar-refractivity contribution is 6.00. The van der Waals surface area contributed by atoms with Crippen LogP contribution in [0, 0.1) is 0 Å². The smallest absolute Gasteiger partial charge is 0.125 e. The van der Waals surface area contributed by atoms with E-state index in [0.717, 1.165) is 11.1 Å². The molecule has 0 rings (SSSR count). The molecule has 0 aromatic rings. The van der Waals surface area contributed by atoms with Gasteiger partial charge in [-0.3, -0.25) is 9.98 Å². The Morgan fingerprint density at radius 3 is 2.50 bits per heavy atom. The van der Waals surface area contributed by atoms with Gasteiger partial charge in [0.05, 0.1) is 0 Å². The van der Waals surface area contributed by atoms with Crippen molar-refractivity contribution in [1.82, 2.24) is 0 Å². The summed E-state index contributed by atoms with van der Waals surface area (Å²) in [7, 11) is 1.64. The molecule has 0 aliphatic rings. The lowest BCUT2D eigenvalue weighted by Gasteiger charge is -2.02. The number of nitrogens with zero attached hydrogens (tertiary/aromatic N) is 2. The van der Waals surface area contributed by atoms with Crippen LogP contribution in [0.5, 0.6) is 0 Å². The summed E-state index contributed by atoms with van der Waals surface area (Å²) in [4.78, 5) is 7.77. The Hall–Kier alpha value is -1.38. The van der Waals surface area contributed by atoms with Crippen molar-refractivity contribution in [3.8, 4) is 0 Å². The Morgan fingerprint density at radius 1 is 1.50 bits per heavy atom. The zero-order chi connectivity index (χ0) is 9.56. The van der Waals surface area contributed by atoms with Gasteiger partial charge in [0, 0.05) is 25.0 Å². The van der Waals surface area contributed by atoms with E-state index in [-0.39, 0.29) is 0 Å². The van der Waals surface area contributed by atoms with E-state index in [2.05, 4.69) is 16.6 Å². The molecule has 3 nitrogen and oxygen atoms in total. The maximum atomic E-state index is 5.55. The maximum Gasteiger partial charge on any atom is 0.125 e. The van der Waals surface area contributed by atoms with Crippen LogP contribution in [0.4, 0.5) is 0 Å². The zero-order valence-electron chi connectivity index (χ0n) is 7.83. The Bertz CT molecular complexity index is 246. The third-order valence-corrected chi connectivity index (χ3v) is 1.44. The summed E-state index contributed by atoms with van der Waals surface area (Å²) in [5.41, 5.74) is 7.20. The third kappa shape index (κ3) is 3.14.